The van der Waals surface area contributed by atoms with Crippen molar-refractivity contribution in [3.05, 3.63) is 27.7 Å². The molecule has 0 aliphatic heterocycles. The molecule has 7 heteroatoms. The third-order valence-electron chi connectivity index (χ3n) is 2.47. The van der Waals surface area contributed by atoms with Crippen molar-refractivity contribution in [2.45, 2.75) is 25.2 Å². The molecule has 1 aromatic rings. The Morgan fingerprint density at radius 1 is 1.26 bits per heavy atom. The molecular weight excluding hydrogens is 309 g/mol. The zero-order valence-corrected chi connectivity index (χ0v) is 13.2. The molecule has 0 amide bonds. The van der Waals surface area contributed by atoms with Crippen LogP contribution < -0.4 is 4.72 Å². The Bertz CT molecular complexity index is 532. The molecule has 0 saturated heterocycles. The summed E-state index contributed by atoms with van der Waals surface area (Å²) in [6.07, 6.45) is 0.618. The lowest BCUT2D eigenvalue weighted by molar-refractivity contribution is 0.146. The summed E-state index contributed by atoms with van der Waals surface area (Å²) in [5.74, 6) is 0. The Hall–Kier alpha value is -0.330. The third kappa shape index (κ3) is 4.93. The van der Waals surface area contributed by atoms with Gasteiger partial charge >= 0.3 is 0 Å². The number of sulfonamides is 1. The topological polar surface area (TPSA) is 55.4 Å². The Morgan fingerprint density at radius 3 is 2.53 bits per heavy atom. The summed E-state index contributed by atoms with van der Waals surface area (Å²) in [6.45, 7) is 5.04. The van der Waals surface area contributed by atoms with Crippen LogP contribution in [0.3, 0.4) is 0 Å². The van der Waals surface area contributed by atoms with Gasteiger partial charge in [-0.15, -0.1) is 0 Å². The summed E-state index contributed by atoms with van der Waals surface area (Å²) in [6, 6.07) is 2.91. The van der Waals surface area contributed by atoms with E-state index >= 15 is 0 Å². The molecular formula is C12H17Cl2NO3S. The summed E-state index contributed by atoms with van der Waals surface area (Å²) in [4.78, 5) is 0.151. The van der Waals surface area contributed by atoms with Crippen LogP contribution in [0.1, 0.15) is 18.9 Å². The van der Waals surface area contributed by atoms with E-state index in [1.165, 1.54) is 6.07 Å². The van der Waals surface area contributed by atoms with E-state index in [9.17, 15) is 8.42 Å². The highest BCUT2D eigenvalue weighted by molar-refractivity contribution is 7.89. The molecule has 0 aliphatic rings. The van der Waals surface area contributed by atoms with Crippen molar-refractivity contribution in [3.63, 3.8) is 0 Å². The van der Waals surface area contributed by atoms with Crippen LogP contribution in [0.4, 0.5) is 0 Å². The van der Waals surface area contributed by atoms with Crippen LogP contribution in [0.25, 0.3) is 0 Å². The normalized spacial score (nSPS) is 11.8. The van der Waals surface area contributed by atoms with E-state index in [4.69, 9.17) is 27.9 Å². The monoisotopic (exact) mass is 325 g/mol. The van der Waals surface area contributed by atoms with Crippen LogP contribution in [0.2, 0.25) is 10.0 Å². The van der Waals surface area contributed by atoms with Gasteiger partial charge < -0.3 is 4.74 Å². The van der Waals surface area contributed by atoms with E-state index in [1.54, 1.807) is 13.0 Å². The van der Waals surface area contributed by atoms with Gasteiger partial charge in [-0.05, 0) is 38.0 Å². The highest BCUT2D eigenvalue weighted by atomic mass is 35.5. The standard InChI is InChI=1S/C12H17Cl2NO3S/c1-3-18-6-4-5-15-19(16,17)12-8-11(14)10(13)7-9(12)2/h7-8,15H,3-6H2,1-2H3. The van der Waals surface area contributed by atoms with Crippen LogP contribution in [0, 0.1) is 6.92 Å². The zero-order valence-electron chi connectivity index (χ0n) is 10.9. The number of aryl methyl sites for hydroxylation is 1. The fraction of sp³-hybridized carbons (Fsp3) is 0.500. The Kier molecular flexibility index (Phi) is 6.56. The van der Waals surface area contributed by atoms with E-state index < -0.39 is 10.0 Å². The van der Waals surface area contributed by atoms with Gasteiger partial charge in [0, 0.05) is 19.8 Å². The number of ether oxygens (including phenoxy) is 1. The van der Waals surface area contributed by atoms with Gasteiger partial charge in [-0.2, -0.15) is 0 Å². The SMILES string of the molecule is CCOCCCNS(=O)(=O)c1cc(Cl)c(Cl)cc1C. The second kappa shape index (κ2) is 7.45. The lowest BCUT2D eigenvalue weighted by Gasteiger charge is -2.10. The van der Waals surface area contributed by atoms with Gasteiger partial charge in [-0.3, -0.25) is 0 Å². The molecule has 0 atom stereocenters. The number of halogens is 2. The highest BCUT2D eigenvalue weighted by Gasteiger charge is 2.18. The van der Waals surface area contributed by atoms with Crippen LogP contribution in [-0.4, -0.2) is 28.2 Å². The van der Waals surface area contributed by atoms with Crippen LogP contribution >= 0.6 is 23.2 Å². The second-order valence-corrected chi connectivity index (χ2v) is 6.53. The molecule has 0 fully saturated rings. The molecule has 0 spiro atoms. The van der Waals surface area contributed by atoms with E-state index in [1.807, 2.05) is 6.92 Å². The molecule has 0 radical (unpaired) electrons. The molecule has 0 aliphatic carbocycles. The van der Waals surface area contributed by atoms with E-state index in [0.717, 1.165) is 0 Å². The summed E-state index contributed by atoms with van der Waals surface area (Å²) < 4.78 is 31.8. The first-order chi connectivity index (χ1) is 8.88. The van der Waals surface area contributed by atoms with Crippen LogP contribution in [0.15, 0.2) is 17.0 Å². The molecule has 0 saturated carbocycles. The minimum absolute atomic E-state index is 0.151. The minimum Gasteiger partial charge on any atom is -0.382 e. The number of hydrogen-bond donors (Lipinski definition) is 1. The summed E-state index contributed by atoms with van der Waals surface area (Å²) in [5, 5.41) is 0.566. The highest BCUT2D eigenvalue weighted by Crippen LogP contribution is 2.27. The molecule has 1 aromatic carbocycles. The van der Waals surface area contributed by atoms with E-state index in [-0.39, 0.29) is 9.92 Å². The van der Waals surface area contributed by atoms with Gasteiger partial charge in [0.2, 0.25) is 10.0 Å². The van der Waals surface area contributed by atoms with Gasteiger partial charge in [0.05, 0.1) is 14.9 Å². The molecule has 108 valence electrons. The molecule has 0 bridgehead atoms. The van der Waals surface area contributed by atoms with Crippen molar-refractivity contribution >= 4 is 33.2 Å². The molecule has 0 heterocycles. The number of nitrogens with one attached hydrogen (secondary N) is 1. The van der Waals surface area contributed by atoms with Gasteiger partial charge in [0.25, 0.3) is 0 Å². The lowest BCUT2D eigenvalue weighted by atomic mass is 10.2. The molecule has 0 aromatic heterocycles. The maximum atomic E-state index is 12.1. The summed E-state index contributed by atoms with van der Waals surface area (Å²) in [5.41, 5.74) is 0.562. The van der Waals surface area contributed by atoms with Crippen molar-refractivity contribution in [3.8, 4) is 0 Å². The average molecular weight is 326 g/mol. The fourth-order valence-corrected chi connectivity index (χ4v) is 3.29. The fourth-order valence-electron chi connectivity index (χ4n) is 1.52. The van der Waals surface area contributed by atoms with Gasteiger partial charge in [-0.1, -0.05) is 23.2 Å². The smallest absolute Gasteiger partial charge is 0.240 e. The molecule has 19 heavy (non-hydrogen) atoms. The molecule has 0 unspecified atom stereocenters. The summed E-state index contributed by atoms with van der Waals surface area (Å²) >= 11 is 11.7. The largest absolute Gasteiger partial charge is 0.382 e. The number of rotatable bonds is 7. The second-order valence-electron chi connectivity index (χ2n) is 3.98. The maximum absolute atomic E-state index is 12.1. The Morgan fingerprint density at radius 2 is 1.89 bits per heavy atom. The van der Waals surface area contributed by atoms with Crippen molar-refractivity contribution < 1.29 is 13.2 Å². The molecule has 1 rings (SSSR count). The maximum Gasteiger partial charge on any atom is 0.240 e. The van der Waals surface area contributed by atoms with Gasteiger partial charge in [-0.25, -0.2) is 13.1 Å². The number of benzene rings is 1. The van der Waals surface area contributed by atoms with E-state index in [2.05, 4.69) is 4.72 Å². The van der Waals surface area contributed by atoms with Gasteiger partial charge in [0.15, 0.2) is 0 Å². The third-order valence-corrected chi connectivity index (χ3v) is 4.79. The molecule has 4 nitrogen and oxygen atoms in total. The number of hydrogen-bond acceptors (Lipinski definition) is 3. The quantitative estimate of drug-likeness (QED) is 0.784. The first-order valence-corrected chi connectivity index (χ1v) is 8.15. The summed E-state index contributed by atoms with van der Waals surface area (Å²) in [7, 11) is -3.57. The van der Waals surface area contributed by atoms with Crippen molar-refractivity contribution in [1.82, 2.24) is 4.72 Å². The molecule has 1 N–H and O–H groups in total. The lowest BCUT2D eigenvalue weighted by Crippen LogP contribution is -2.26. The van der Waals surface area contributed by atoms with Crippen molar-refractivity contribution in [1.29, 1.82) is 0 Å². The van der Waals surface area contributed by atoms with Crippen molar-refractivity contribution in [2.24, 2.45) is 0 Å². The van der Waals surface area contributed by atoms with E-state index in [0.29, 0.717) is 36.8 Å². The van der Waals surface area contributed by atoms with Crippen LogP contribution in [-0.2, 0) is 14.8 Å². The Labute approximate surface area is 124 Å². The predicted octanol–water partition coefficient (Wildman–Crippen LogP) is 3.01. The minimum atomic E-state index is -3.57. The van der Waals surface area contributed by atoms with Gasteiger partial charge in [0.1, 0.15) is 0 Å². The predicted molar refractivity (Wildman–Crippen MR) is 77.5 cm³/mol. The average Bonchev–Trinajstić information content (AvgIpc) is 2.33. The first-order valence-electron chi connectivity index (χ1n) is 5.91. The van der Waals surface area contributed by atoms with Crippen molar-refractivity contribution in [2.75, 3.05) is 19.8 Å². The zero-order chi connectivity index (χ0) is 14.5. The van der Waals surface area contributed by atoms with Crippen LogP contribution in [0.5, 0.6) is 0 Å². The first kappa shape index (κ1) is 16.7. The Balaban J connectivity index is 2.75.